The van der Waals surface area contributed by atoms with Crippen molar-refractivity contribution in [1.82, 2.24) is 19.4 Å². The minimum absolute atomic E-state index is 0.292. The molecule has 2 fully saturated rings. The standard InChI is InChI=1S/C19H26N4O/c1-21-17-9-3-2-8-16(17)20-19(21)15-7-6-12-23(13-15)18(24)14-22-10-4-5-11-22/h2-3,8-9,15H,4-7,10-14H2,1H3/t15-/m1/s1. The third kappa shape index (κ3) is 2.93. The van der Waals surface area contributed by atoms with Gasteiger partial charge >= 0.3 is 0 Å². The van der Waals surface area contributed by atoms with Gasteiger partial charge in [0.25, 0.3) is 0 Å². The average molecular weight is 326 g/mol. The maximum atomic E-state index is 12.6. The summed E-state index contributed by atoms with van der Waals surface area (Å²) in [6.45, 7) is 4.45. The van der Waals surface area contributed by atoms with E-state index in [1.165, 1.54) is 18.4 Å². The predicted molar refractivity (Wildman–Crippen MR) is 94.9 cm³/mol. The molecule has 1 aromatic heterocycles. The highest BCUT2D eigenvalue weighted by molar-refractivity contribution is 5.79. The van der Waals surface area contributed by atoms with Gasteiger partial charge in [-0.25, -0.2) is 4.98 Å². The topological polar surface area (TPSA) is 41.4 Å². The molecule has 2 aromatic rings. The summed E-state index contributed by atoms with van der Waals surface area (Å²) in [7, 11) is 2.09. The van der Waals surface area contributed by atoms with E-state index in [0.29, 0.717) is 18.4 Å². The number of carbonyl (C=O) groups is 1. The molecule has 0 aliphatic carbocycles. The molecule has 0 radical (unpaired) electrons. The lowest BCUT2D eigenvalue weighted by molar-refractivity contribution is -0.133. The van der Waals surface area contributed by atoms with Gasteiger partial charge in [-0.15, -0.1) is 0 Å². The number of aryl methyl sites for hydroxylation is 1. The van der Waals surface area contributed by atoms with Crippen molar-refractivity contribution in [2.45, 2.75) is 31.6 Å². The van der Waals surface area contributed by atoms with Crippen LogP contribution in [0.4, 0.5) is 0 Å². The normalized spacial score (nSPS) is 22.4. The molecule has 24 heavy (non-hydrogen) atoms. The Labute approximate surface area is 143 Å². The van der Waals surface area contributed by atoms with Crippen molar-refractivity contribution >= 4 is 16.9 Å². The molecule has 5 heteroatoms. The maximum Gasteiger partial charge on any atom is 0.236 e. The fourth-order valence-corrected chi connectivity index (χ4v) is 4.18. The first kappa shape index (κ1) is 15.6. The van der Waals surface area contributed by atoms with Crippen molar-refractivity contribution in [3.63, 3.8) is 0 Å². The third-order valence-corrected chi connectivity index (χ3v) is 5.52. The van der Waals surface area contributed by atoms with Crippen molar-refractivity contribution in [2.75, 3.05) is 32.7 Å². The quantitative estimate of drug-likeness (QED) is 0.869. The Morgan fingerprint density at radius 2 is 1.96 bits per heavy atom. The van der Waals surface area contributed by atoms with Gasteiger partial charge in [-0.2, -0.15) is 0 Å². The molecule has 1 amide bonds. The number of fused-ring (bicyclic) bond motifs is 1. The van der Waals surface area contributed by atoms with E-state index in [9.17, 15) is 4.79 Å². The number of aromatic nitrogens is 2. The number of amides is 1. The lowest BCUT2D eigenvalue weighted by atomic mass is 9.97. The van der Waals surface area contributed by atoms with Crippen LogP contribution in [0.5, 0.6) is 0 Å². The smallest absolute Gasteiger partial charge is 0.236 e. The number of hydrogen-bond donors (Lipinski definition) is 0. The molecule has 0 bridgehead atoms. The third-order valence-electron chi connectivity index (χ3n) is 5.52. The van der Waals surface area contributed by atoms with Crippen LogP contribution < -0.4 is 0 Å². The average Bonchev–Trinajstić information content (AvgIpc) is 3.23. The van der Waals surface area contributed by atoms with Crippen LogP contribution in [0, 0.1) is 0 Å². The zero-order valence-corrected chi connectivity index (χ0v) is 14.4. The Kier molecular flexibility index (Phi) is 4.27. The number of imidazole rings is 1. The highest BCUT2D eigenvalue weighted by Gasteiger charge is 2.29. The summed E-state index contributed by atoms with van der Waals surface area (Å²) in [5, 5.41) is 0. The summed E-state index contributed by atoms with van der Waals surface area (Å²) < 4.78 is 2.20. The fourth-order valence-electron chi connectivity index (χ4n) is 4.18. The summed E-state index contributed by atoms with van der Waals surface area (Å²) in [6, 6.07) is 8.27. The largest absolute Gasteiger partial charge is 0.341 e. The molecule has 0 spiro atoms. The van der Waals surface area contributed by atoms with Crippen LogP contribution in [-0.2, 0) is 11.8 Å². The summed E-state index contributed by atoms with van der Waals surface area (Å²) in [4.78, 5) is 21.8. The van der Waals surface area contributed by atoms with Crippen molar-refractivity contribution in [2.24, 2.45) is 7.05 Å². The first-order chi connectivity index (χ1) is 11.7. The van der Waals surface area contributed by atoms with Gasteiger partial charge in [-0.1, -0.05) is 12.1 Å². The summed E-state index contributed by atoms with van der Waals surface area (Å²) in [5.41, 5.74) is 2.23. The Morgan fingerprint density at radius 3 is 2.75 bits per heavy atom. The lowest BCUT2D eigenvalue weighted by Gasteiger charge is -2.33. The number of benzene rings is 1. The Hall–Kier alpha value is -1.88. The van der Waals surface area contributed by atoms with E-state index in [0.717, 1.165) is 50.4 Å². The van der Waals surface area contributed by atoms with Gasteiger partial charge < -0.3 is 9.47 Å². The molecule has 0 N–H and O–H groups in total. The number of rotatable bonds is 3. The maximum absolute atomic E-state index is 12.6. The van der Waals surface area contributed by atoms with E-state index >= 15 is 0 Å². The molecule has 1 aromatic carbocycles. The summed E-state index contributed by atoms with van der Waals surface area (Å²) in [6.07, 6.45) is 4.65. The molecule has 128 valence electrons. The highest BCUT2D eigenvalue weighted by atomic mass is 16.2. The summed E-state index contributed by atoms with van der Waals surface area (Å²) in [5.74, 6) is 1.76. The zero-order chi connectivity index (χ0) is 16.5. The van der Waals surface area contributed by atoms with Crippen LogP contribution in [0.2, 0.25) is 0 Å². The van der Waals surface area contributed by atoms with Gasteiger partial charge in [0, 0.05) is 26.1 Å². The highest BCUT2D eigenvalue weighted by Crippen LogP contribution is 2.28. The Balaban J connectivity index is 1.49. The van der Waals surface area contributed by atoms with E-state index in [2.05, 4.69) is 39.6 Å². The minimum Gasteiger partial charge on any atom is -0.341 e. The molecule has 0 unspecified atom stereocenters. The van der Waals surface area contributed by atoms with Crippen LogP contribution in [0.3, 0.4) is 0 Å². The second-order valence-electron chi connectivity index (χ2n) is 7.18. The van der Waals surface area contributed by atoms with E-state index in [4.69, 9.17) is 4.98 Å². The van der Waals surface area contributed by atoms with E-state index in [1.807, 2.05) is 6.07 Å². The lowest BCUT2D eigenvalue weighted by Crippen LogP contribution is -2.44. The van der Waals surface area contributed by atoms with Crippen molar-refractivity contribution < 1.29 is 4.79 Å². The molecular weight excluding hydrogens is 300 g/mol. The van der Waals surface area contributed by atoms with Crippen molar-refractivity contribution in [3.05, 3.63) is 30.1 Å². The molecule has 0 saturated carbocycles. The Morgan fingerprint density at radius 1 is 1.17 bits per heavy atom. The molecule has 3 heterocycles. The van der Waals surface area contributed by atoms with Gasteiger partial charge in [0.1, 0.15) is 5.82 Å². The molecule has 2 aliphatic heterocycles. The molecule has 2 aliphatic rings. The van der Waals surface area contributed by atoms with Crippen molar-refractivity contribution in [3.8, 4) is 0 Å². The summed E-state index contributed by atoms with van der Waals surface area (Å²) >= 11 is 0. The minimum atomic E-state index is 0.292. The van der Waals surface area contributed by atoms with Crippen LogP contribution in [0.1, 0.15) is 37.4 Å². The number of carbonyl (C=O) groups excluding carboxylic acids is 1. The van der Waals surface area contributed by atoms with Gasteiger partial charge in [-0.05, 0) is 50.9 Å². The molecule has 2 saturated heterocycles. The second kappa shape index (κ2) is 6.55. The number of likely N-dealkylation sites (tertiary alicyclic amines) is 2. The van der Waals surface area contributed by atoms with Gasteiger partial charge in [-0.3, -0.25) is 9.69 Å². The fraction of sp³-hybridized carbons (Fsp3) is 0.579. The monoisotopic (exact) mass is 326 g/mol. The number of hydrogen-bond acceptors (Lipinski definition) is 3. The van der Waals surface area contributed by atoms with Gasteiger partial charge in [0.05, 0.1) is 17.6 Å². The molecule has 5 nitrogen and oxygen atoms in total. The van der Waals surface area contributed by atoms with Crippen LogP contribution in [-0.4, -0.2) is 58.0 Å². The second-order valence-corrected chi connectivity index (χ2v) is 7.18. The van der Waals surface area contributed by atoms with Gasteiger partial charge in [0.2, 0.25) is 5.91 Å². The number of piperidine rings is 1. The van der Waals surface area contributed by atoms with E-state index in [-0.39, 0.29) is 0 Å². The Bertz CT molecular complexity index is 732. The van der Waals surface area contributed by atoms with Crippen LogP contribution in [0.15, 0.2) is 24.3 Å². The van der Waals surface area contributed by atoms with Crippen molar-refractivity contribution in [1.29, 1.82) is 0 Å². The first-order valence-corrected chi connectivity index (χ1v) is 9.14. The van der Waals surface area contributed by atoms with E-state index < -0.39 is 0 Å². The molecule has 4 rings (SSSR count). The SMILES string of the molecule is Cn1c([C@@H]2CCCN(C(=O)CN3CCCC3)C2)nc2ccccc21. The number of para-hydroxylation sites is 2. The molecular formula is C19H26N4O. The first-order valence-electron chi connectivity index (χ1n) is 9.14. The number of nitrogens with zero attached hydrogens (tertiary/aromatic N) is 4. The molecule has 1 atom stereocenters. The van der Waals surface area contributed by atoms with Crippen LogP contribution >= 0.6 is 0 Å². The van der Waals surface area contributed by atoms with Gasteiger partial charge in [0.15, 0.2) is 0 Å². The van der Waals surface area contributed by atoms with Crippen LogP contribution in [0.25, 0.3) is 11.0 Å². The zero-order valence-electron chi connectivity index (χ0n) is 14.4. The van der Waals surface area contributed by atoms with E-state index in [1.54, 1.807) is 0 Å². The predicted octanol–water partition coefficient (Wildman–Crippen LogP) is 2.38.